The average Bonchev–Trinajstić information content (AvgIpc) is 2.97. The molecule has 0 radical (unpaired) electrons. The number of benzene rings is 1. The molecule has 1 fully saturated rings. The Bertz CT molecular complexity index is 548. The summed E-state index contributed by atoms with van der Waals surface area (Å²) in [6, 6.07) is 6.38. The first-order valence-corrected chi connectivity index (χ1v) is 7.71. The summed E-state index contributed by atoms with van der Waals surface area (Å²) in [6.45, 7) is 8.00. The minimum Gasteiger partial charge on any atom is -0.312 e. The van der Waals surface area contributed by atoms with E-state index in [0.29, 0.717) is 0 Å². The molecule has 2 heterocycles. The number of likely N-dealkylation sites (tertiary alicyclic amines) is 1. The van der Waals surface area contributed by atoms with E-state index in [1.54, 1.807) is 0 Å². The SMILES string of the molecule is CCN1CCC[C@H](CNCc2cccc3cn[nH]c23)C1. The zero-order chi connectivity index (χ0) is 13.8. The molecule has 1 aromatic heterocycles. The number of H-pyrrole nitrogens is 1. The first kappa shape index (κ1) is 13.6. The van der Waals surface area contributed by atoms with Crippen LogP contribution in [0.4, 0.5) is 0 Å². The molecule has 0 unspecified atom stereocenters. The summed E-state index contributed by atoms with van der Waals surface area (Å²) in [6.07, 6.45) is 4.59. The van der Waals surface area contributed by atoms with E-state index in [4.69, 9.17) is 0 Å². The maximum Gasteiger partial charge on any atom is 0.0695 e. The van der Waals surface area contributed by atoms with E-state index in [9.17, 15) is 0 Å². The van der Waals surface area contributed by atoms with Crippen LogP contribution in [-0.4, -0.2) is 41.3 Å². The predicted octanol–water partition coefficient (Wildman–Crippen LogP) is 2.38. The van der Waals surface area contributed by atoms with Crippen molar-refractivity contribution in [3.63, 3.8) is 0 Å². The number of hydrogen-bond donors (Lipinski definition) is 2. The van der Waals surface area contributed by atoms with Gasteiger partial charge in [-0.2, -0.15) is 5.10 Å². The van der Waals surface area contributed by atoms with Crippen molar-refractivity contribution < 1.29 is 0 Å². The largest absolute Gasteiger partial charge is 0.312 e. The van der Waals surface area contributed by atoms with Gasteiger partial charge in [-0.3, -0.25) is 5.10 Å². The van der Waals surface area contributed by atoms with Crippen molar-refractivity contribution in [3.05, 3.63) is 30.0 Å². The Morgan fingerprint density at radius 1 is 1.45 bits per heavy atom. The molecule has 3 rings (SSSR count). The van der Waals surface area contributed by atoms with E-state index < -0.39 is 0 Å². The Balaban J connectivity index is 1.53. The third kappa shape index (κ3) is 3.02. The van der Waals surface area contributed by atoms with Gasteiger partial charge in [0.15, 0.2) is 0 Å². The van der Waals surface area contributed by atoms with Gasteiger partial charge in [0, 0.05) is 18.5 Å². The molecule has 0 amide bonds. The fraction of sp³-hybridized carbons (Fsp3) is 0.562. The molecule has 1 saturated heterocycles. The Labute approximate surface area is 120 Å². The van der Waals surface area contributed by atoms with Crippen LogP contribution >= 0.6 is 0 Å². The van der Waals surface area contributed by atoms with E-state index in [-0.39, 0.29) is 0 Å². The van der Waals surface area contributed by atoms with Crippen molar-refractivity contribution in [1.82, 2.24) is 20.4 Å². The van der Waals surface area contributed by atoms with Gasteiger partial charge in [-0.15, -0.1) is 0 Å². The topological polar surface area (TPSA) is 44.0 Å². The van der Waals surface area contributed by atoms with Crippen LogP contribution in [0.2, 0.25) is 0 Å². The zero-order valence-electron chi connectivity index (χ0n) is 12.2. The molecule has 2 aromatic rings. The van der Waals surface area contributed by atoms with Crippen LogP contribution in [0, 0.1) is 5.92 Å². The fourth-order valence-electron chi connectivity index (χ4n) is 3.19. The number of nitrogens with one attached hydrogen (secondary N) is 2. The van der Waals surface area contributed by atoms with Crippen molar-refractivity contribution in [2.75, 3.05) is 26.2 Å². The molecule has 2 N–H and O–H groups in total. The number of aromatic nitrogens is 2. The molecule has 108 valence electrons. The average molecular weight is 272 g/mol. The van der Waals surface area contributed by atoms with Gasteiger partial charge in [0.1, 0.15) is 0 Å². The summed E-state index contributed by atoms with van der Waals surface area (Å²) in [7, 11) is 0. The highest BCUT2D eigenvalue weighted by atomic mass is 15.1. The molecular formula is C16H24N4. The number of rotatable bonds is 5. The summed E-state index contributed by atoms with van der Waals surface area (Å²) in [5, 5.41) is 12.0. The van der Waals surface area contributed by atoms with Crippen LogP contribution in [0.15, 0.2) is 24.4 Å². The lowest BCUT2D eigenvalue weighted by Gasteiger charge is -2.31. The molecular weight excluding hydrogens is 248 g/mol. The second-order valence-electron chi connectivity index (χ2n) is 5.78. The molecule has 4 nitrogen and oxygen atoms in total. The zero-order valence-corrected chi connectivity index (χ0v) is 12.2. The Morgan fingerprint density at radius 2 is 2.40 bits per heavy atom. The van der Waals surface area contributed by atoms with Gasteiger partial charge < -0.3 is 10.2 Å². The number of para-hydroxylation sites is 1. The quantitative estimate of drug-likeness (QED) is 0.878. The fourth-order valence-corrected chi connectivity index (χ4v) is 3.19. The molecule has 0 bridgehead atoms. The Hall–Kier alpha value is -1.39. The third-order valence-corrected chi connectivity index (χ3v) is 4.36. The van der Waals surface area contributed by atoms with Crippen LogP contribution in [0.3, 0.4) is 0 Å². The molecule has 1 aliphatic heterocycles. The molecule has 1 atom stereocenters. The number of fused-ring (bicyclic) bond motifs is 1. The maximum atomic E-state index is 4.12. The van der Waals surface area contributed by atoms with Crippen LogP contribution in [0.5, 0.6) is 0 Å². The van der Waals surface area contributed by atoms with Gasteiger partial charge in [0.2, 0.25) is 0 Å². The lowest BCUT2D eigenvalue weighted by molar-refractivity contribution is 0.180. The number of hydrogen-bond acceptors (Lipinski definition) is 3. The first-order valence-electron chi connectivity index (χ1n) is 7.71. The van der Waals surface area contributed by atoms with E-state index in [0.717, 1.165) is 19.0 Å². The van der Waals surface area contributed by atoms with Crippen molar-refractivity contribution >= 4 is 10.9 Å². The van der Waals surface area contributed by atoms with Gasteiger partial charge in [0.05, 0.1) is 11.7 Å². The number of aromatic amines is 1. The Morgan fingerprint density at radius 3 is 3.30 bits per heavy atom. The summed E-state index contributed by atoms with van der Waals surface area (Å²) in [5.74, 6) is 0.796. The molecule has 4 heteroatoms. The number of piperidine rings is 1. The van der Waals surface area contributed by atoms with E-state index in [1.807, 2.05) is 6.20 Å². The monoisotopic (exact) mass is 272 g/mol. The van der Waals surface area contributed by atoms with Crippen LogP contribution in [0.1, 0.15) is 25.3 Å². The van der Waals surface area contributed by atoms with Crippen LogP contribution in [-0.2, 0) is 6.54 Å². The highest BCUT2D eigenvalue weighted by Crippen LogP contribution is 2.17. The van der Waals surface area contributed by atoms with E-state index in [1.165, 1.54) is 48.9 Å². The van der Waals surface area contributed by atoms with Gasteiger partial charge in [-0.25, -0.2) is 0 Å². The lowest BCUT2D eigenvalue weighted by atomic mass is 9.98. The van der Waals surface area contributed by atoms with Crippen LogP contribution in [0.25, 0.3) is 10.9 Å². The number of nitrogens with zero attached hydrogens (tertiary/aromatic N) is 2. The summed E-state index contributed by atoms with van der Waals surface area (Å²) in [5.41, 5.74) is 2.47. The highest BCUT2D eigenvalue weighted by Gasteiger charge is 2.18. The Kier molecular flexibility index (Phi) is 4.33. The van der Waals surface area contributed by atoms with Crippen molar-refractivity contribution in [3.8, 4) is 0 Å². The van der Waals surface area contributed by atoms with Gasteiger partial charge in [0.25, 0.3) is 0 Å². The maximum absolute atomic E-state index is 4.12. The standard InChI is InChI=1S/C16H24N4/c1-2-20-8-4-5-13(12-20)9-17-10-14-6-3-7-15-11-18-19-16(14)15/h3,6-7,11,13,17H,2,4-5,8-10,12H2,1H3,(H,18,19)/t13-/m1/s1. The smallest absolute Gasteiger partial charge is 0.0695 e. The van der Waals surface area contributed by atoms with E-state index in [2.05, 4.69) is 45.5 Å². The minimum absolute atomic E-state index is 0.796. The second kappa shape index (κ2) is 6.37. The van der Waals surface area contributed by atoms with Gasteiger partial charge >= 0.3 is 0 Å². The van der Waals surface area contributed by atoms with Crippen molar-refractivity contribution in [1.29, 1.82) is 0 Å². The predicted molar refractivity (Wildman–Crippen MR) is 82.6 cm³/mol. The first-order chi connectivity index (χ1) is 9.86. The van der Waals surface area contributed by atoms with Crippen LogP contribution < -0.4 is 5.32 Å². The highest BCUT2D eigenvalue weighted by molar-refractivity contribution is 5.81. The molecule has 0 saturated carbocycles. The molecule has 1 aliphatic rings. The molecule has 20 heavy (non-hydrogen) atoms. The molecule has 0 aliphatic carbocycles. The normalized spacial score (nSPS) is 20.6. The third-order valence-electron chi connectivity index (χ3n) is 4.36. The minimum atomic E-state index is 0.796. The van der Waals surface area contributed by atoms with Crippen molar-refractivity contribution in [2.24, 2.45) is 5.92 Å². The lowest BCUT2D eigenvalue weighted by Crippen LogP contribution is -2.39. The van der Waals surface area contributed by atoms with Gasteiger partial charge in [-0.05, 0) is 44.0 Å². The summed E-state index contributed by atoms with van der Waals surface area (Å²) in [4.78, 5) is 2.56. The molecule has 1 aromatic carbocycles. The van der Waals surface area contributed by atoms with Crippen molar-refractivity contribution in [2.45, 2.75) is 26.3 Å². The second-order valence-corrected chi connectivity index (χ2v) is 5.78. The summed E-state index contributed by atoms with van der Waals surface area (Å²) < 4.78 is 0. The summed E-state index contributed by atoms with van der Waals surface area (Å²) >= 11 is 0. The molecule has 0 spiro atoms. The van der Waals surface area contributed by atoms with E-state index >= 15 is 0 Å². The van der Waals surface area contributed by atoms with Gasteiger partial charge in [-0.1, -0.05) is 25.1 Å².